The number of aliphatic carboxylic acids is 1. The van der Waals surface area contributed by atoms with Crippen LogP contribution in [0.2, 0.25) is 0 Å². The lowest BCUT2D eigenvalue weighted by molar-refractivity contribution is -0.161. The molecule has 146 valence electrons. The predicted octanol–water partition coefficient (Wildman–Crippen LogP) is 4.14. The molecule has 0 bridgehead atoms. The maximum atomic E-state index is 13.4. The third kappa shape index (κ3) is 7.74. The maximum absolute atomic E-state index is 13.4. The van der Waals surface area contributed by atoms with E-state index >= 15 is 0 Å². The molecule has 0 aromatic heterocycles. The van der Waals surface area contributed by atoms with Gasteiger partial charge in [-0.2, -0.15) is 8.78 Å². The summed E-state index contributed by atoms with van der Waals surface area (Å²) in [7, 11) is 0. The molecule has 1 aromatic carbocycles. The van der Waals surface area contributed by atoms with E-state index in [0.717, 1.165) is 0 Å². The van der Waals surface area contributed by atoms with Gasteiger partial charge in [0.1, 0.15) is 17.4 Å². The highest BCUT2D eigenvalue weighted by Crippen LogP contribution is 2.31. The summed E-state index contributed by atoms with van der Waals surface area (Å²) in [5.74, 6) is -1.40. The van der Waals surface area contributed by atoms with Gasteiger partial charge in [0, 0.05) is 6.42 Å². The van der Waals surface area contributed by atoms with Gasteiger partial charge in [-0.1, -0.05) is 39.7 Å². The lowest BCUT2D eigenvalue weighted by Crippen LogP contribution is -2.44. The molecule has 0 heterocycles. The monoisotopic (exact) mass is 457 g/mol. The van der Waals surface area contributed by atoms with Gasteiger partial charge in [0.05, 0.1) is 0 Å². The molecule has 2 N–H and O–H groups in total. The van der Waals surface area contributed by atoms with E-state index in [4.69, 9.17) is 16.3 Å². The summed E-state index contributed by atoms with van der Waals surface area (Å²) < 4.78 is 34.6. The molecule has 1 aromatic rings. The topological polar surface area (TPSA) is 84.9 Å². The first-order valence-corrected chi connectivity index (χ1v) is 8.81. The molecule has 0 saturated carbocycles. The number of hydrogen-bond acceptors (Lipinski definition) is 4. The van der Waals surface area contributed by atoms with E-state index in [0.29, 0.717) is 5.56 Å². The maximum Gasteiger partial charge on any atom is 0.424 e. The Morgan fingerprint density at radius 3 is 2.23 bits per heavy atom. The Morgan fingerprint density at radius 1 is 1.27 bits per heavy atom. The Kier molecular flexibility index (Phi) is 7.64. The van der Waals surface area contributed by atoms with Gasteiger partial charge in [-0.05, 0) is 38.5 Å². The van der Waals surface area contributed by atoms with E-state index in [2.05, 4.69) is 26.0 Å². The number of carboxylic acid groups (broad SMARTS) is 1. The fourth-order valence-electron chi connectivity index (χ4n) is 1.78. The average molecular weight is 459 g/mol. The number of halogens is 4. The molecule has 0 aliphatic carbocycles. The second-order valence-corrected chi connectivity index (χ2v) is 8.23. The number of alkyl halides is 4. The Labute approximate surface area is 162 Å². The first kappa shape index (κ1) is 22.4. The Morgan fingerprint density at radius 2 is 1.81 bits per heavy atom. The zero-order valence-electron chi connectivity index (χ0n) is 14.3. The molecular formula is C16H19BrClF2NO5. The van der Waals surface area contributed by atoms with Crippen molar-refractivity contribution in [3.63, 3.8) is 0 Å². The molecular weight excluding hydrogens is 440 g/mol. The number of rotatable bonds is 7. The van der Waals surface area contributed by atoms with Crippen molar-refractivity contribution in [1.29, 1.82) is 0 Å². The van der Waals surface area contributed by atoms with Crippen LogP contribution in [0.25, 0.3) is 0 Å². The van der Waals surface area contributed by atoms with Crippen molar-refractivity contribution in [2.24, 2.45) is 0 Å². The number of amides is 1. The molecule has 2 atom stereocenters. The van der Waals surface area contributed by atoms with Crippen LogP contribution in [0.4, 0.5) is 13.6 Å². The third-order valence-electron chi connectivity index (χ3n) is 2.86. The van der Waals surface area contributed by atoms with Gasteiger partial charge in [-0.25, -0.2) is 9.59 Å². The van der Waals surface area contributed by atoms with Crippen LogP contribution in [0, 0.1) is 0 Å². The fraction of sp³-hybridized carbons (Fsp3) is 0.500. The van der Waals surface area contributed by atoms with E-state index < -0.39 is 34.1 Å². The smallest absolute Gasteiger partial charge is 0.424 e. The molecule has 1 amide bonds. The van der Waals surface area contributed by atoms with Crippen molar-refractivity contribution < 1.29 is 33.0 Å². The molecule has 0 saturated heterocycles. The van der Waals surface area contributed by atoms with Gasteiger partial charge in [-0.3, -0.25) is 0 Å². The lowest BCUT2D eigenvalue weighted by Gasteiger charge is -2.22. The largest absolute Gasteiger partial charge is 0.480 e. The van der Waals surface area contributed by atoms with Crippen LogP contribution in [0.3, 0.4) is 0 Å². The normalized spacial score (nSPS) is 14.3. The standard InChI is InChI=1S/C16H19BrClF2NO5/c1-15(2,3)26-14(24)21-11(12(22)23)8-9-4-6-10(7-5-9)25-16(19,20)13(17)18/h4-7,11,13H,8H2,1-3H3,(H,21,24)(H,22,23). The summed E-state index contributed by atoms with van der Waals surface area (Å²) in [4.78, 5) is 23.0. The van der Waals surface area contributed by atoms with Gasteiger partial charge >= 0.3 is 18.2 Å². The first-order chi connectivity index (χ1) is 11.8. The number of carbonyl (C=O) groups is 2. The van der Waals surface area contributed by atoms with E-state index in [1.807, 2.05) is 0 Å². The van der Waals surface area contributed by atoms with Crippen LogP contribution in [0.15, 0.2) is 24.3 Å². The van der Waals surface area contributed by atoms with E-state index in [1.165, 1.54) is 24.3 Å². The highest BCUT2D eigenvalue weighted by atomic mass is 79.9. The van der Waals surface area contributed by atoms with Gasteiger partial charge in [-0.15, -0.1) is 0 Å². The Bertz CT molecular complexity index is 635. The molecule has 0 spiro atoms. The average Bonchev–Trinajstić information content (AvgIpc) is 2.46. The number of carboxylic acids is 1. The highest BCUT2D eigenvalue weighted by Gasteiger charge is 2.39. The molecule has 2 unspecified atom stereocenters. The Hall–Kier alpha value is -1.61. The number of alkyl carbamates (subject to hydrolysis) is 1. The molecule has 0 radical (unpaired) electrons. The summed E-state index contributed by atoms with van der Waals surface area (Å²) in [6, 6.07) is 4.09. The highest BCUT2D eigenvalue weighted by molar-refractivity contribution is 9.10. The number of ether oxygens (including phenoxy) is 2. The van der Waals surface area contributed by atoms with E-state index in [-0.39, 0.29) is 12.2 Å². The molecule has 0 aliphatic rings. The van der Waals surface area contributed by atoms with Crippen LogP contribution < -0.4 is 10.1 Å². The van der Waals surface area contributed by atoms with Crippen molar-refractivity contribution in [3.8, 4) is 5.75 Å². The van der Waals surface area contributed by atoms with E-state index in [1.54, 1.807) is 20.8 Å². The van der Waals surface area contributed by atoms with Gasteiger partial charge in [0.2, 0.25) is 0 Å². The van der Waals surface area contributed by atoms with E-state index in [9.17, 15) is 23.5 Å². The number of hydrogen-bond donors (Lipinski definition) is 2. The minimum absolute atomic E-state index is 0.0676. The van der Waals surface area contributed by atoms with Crippen LogP contribution >= 0.6 is 27.5 Å². The van der Waals surface area contributed by atoms with Crippen molar-refractivity contribution in [3.05, 3.63) is 29.8 Å². The van der Waals surface area contributed by atoms with Crippen molar-refractivity contribution in [2.75, 3.05) is 0 Å². The summed E-state index contributed by atoms with van der Waals surface area (Å²) >= 11 is 7.81. The summed E-state index contributed by atoms with van der Waals surface area (Å²) in [5.41, 5.74) is -0.280. The zero-order valence-corrected chi connectivity index (χ0v) is 16.6. The number of nitrogens with one attached hydrogen (secondary N) is 1. The van der Waals surface area contributed by atoms with Gasteiger partial charge in [0.15, 0.2) is 4.29 Å². The second kappa shape index (κ2) is 8.85. The Balaban J connectivity index is 2.75. The summed E-state index contributed by atoms with van der Waals surface area (Å²) in [6.45, 7) is 4.94. The molecule has 0 aliphatic heterocycles. The fourth-order valence-corrected chi connectivity index (χ4v) is 1.92. The SMILES string of the molecule is CC(C)(C)OC(=O)NC(Cc1ccc(OC(F)(F)C(Cl)Br)cc1)C(=O)O. The molecule has 10 heteroatoms. The van der Waals surface area contributed by atoms with Crippen molar-refractivity contribution in [1.82, 2.24) is 5.32 Å². The van der Waals surface area contributed by atoms with Crippen LogP contribution in [-0.2, 0) is 16.0 Å². The van der Waals surface area contributed by atoms with Gasteiger partial charge in [0.25, 0.3) is 0 Å². The minimum atomic E-state index is -3.62. The summed E-state index contributed by atoms with van der Waals surface area (Å²) in [5, 5.41) is 11.5. The third-order valence-corrected chi connectivity index (χ3v) is 3.65. The molecule has 26 heavy (non-hydrogen) atoms. The number of carbonyl (C=O) groups excluding carboxylic acids is 1. The number of benzene rings is 1. The zero-order chi connectivity index (χ0) is 20.1. The lowest BCUT2D eigenvalue weighted by atomic mass is 10.1. The quantitative estimate of drug-likeness (QED) is 0.600. The predicted molar refractivity (Wildman–Crippen MR) is 95.1 cm³/mol. The minimum Gasteiger partial charge on any atom is -0.480 e. The van der Waals surface area contributed by atoms with Crippen LogP contribution in [-0.4, -0.2) is 39.2 Å². The molecule has 0 fully saturated rings. The van der Waals surface area contributed by atoms with Crippen LogP contribution in [0.1, 0.15) is 26.3 Å². The molecule has 6 nitrogen and oxygen atoms in total. The first-order valence-electron chi connectivity index (χ1n) is 7.46. The van der Waals surface area contributed by atoms with Crippen molar-refractivity contribution in [2.45, 2.75) is 49.2 Å². The molecule has 1 rings (SSSR count). The van der Waals surface area contributed by atoms with Crippen molar-refractivity contribution >= 4 is 39.6 Å². The summed E-state index contributed by atoms with van der Waals surface area (Å²) in [6.07, 6.45) is -4.55. The second-order valence-electron chi connectivity index (χ2n) is 6.35. The van der Waals surface area contributed by atoms with Gasteiger partial charge < -0.3 is 19.9 Å². The van der Waals surface area contributed by atoms with Crippen LogP contribution in [0.5, 0.6) is 5.75 Å².